The van der Waals surface area contributed by atoms with E-state index in [0.717, 1.165) is 10.0 Å². The predicted octanol–water partition coefficient (Wildman–Crippen LogP) is 1.94. The summed E-state index contributed by atoms with van der Waals surface area (Å²) in [7, 11) is 0. The van der Waals surface area contributed by atoms with Gasteiger partial charge in [0.15, 0.2) is 0 Å². The summed E-state index contributed by atoms with van der Waals surface area (Å²) in [5, 5.41) is 2.53. The van der Waals surface area contributed by atoms with Crippen LogP contribution in [0.15, 0.2) is 59.1 Å². The van der Waals surface area contributed by atoms with Crippen molar-refractivity contribution in [1.82, 2.24) is 16.2 Å². The van der Waals surface area contributed by atoms with E-state index in [1.165, 1.54) is 0 Å². The third-order valence-corrected chi connectivity index (χ3v) is 4.00. The Morgan fingerprint density at radius 3 is 2.31 bits per heavy atom. The molecule has 136 valence electrons. The standard InChI is InChI=1S/C18H19BrN4O3/c19-14-8-4-7-13(10-14)15(21-18(20)26)11-17(25)23-22-16(24)9-12-5-2-1-3-6-12/h1-8,10,15H,9,11H2,(H,22,24)(H,23,25)(H3,20,21,26). The fourth-order valence-corrected chi connectivity index (χ4v) is 2.77. The van der Waals surface area contributed by atoms with Gasteiger partial charge in [-0.15, -0.1) is 0 Å². The van der Waals surface area contributed by atoms with Crippen LogP contribution in [0.25, 0.3) is 0 Å². The van der Waals surface area contributed by atoms with E-state index in [9.17, 15) is 14.4 Å². The Balaban J connectivity index is 1.90. The molecule has 0 radical (unpaired) electrons. The van der Waals surface area contributed by atoms with E-state index in [0.29, 0.717) is 5.56 Å². The van der Waals surface area contributed by atoms with Crippen LogP contribution in [0.1, 0.15) is 23.6 Å². The highest BCUT2D eigenvalue weighted by molar-refractivity contribution is 9.10. The fourth-order valence-electron chi connectivity index (χ4n) is 2.35. The molecule has 0 aliphatic heterocycles. The summed E-state index contributed by atoms with van der Waals surface area (Å²) in [6.45, 7) is 0. The van der Waals surface area contributed by atoms with Gasteiger partial charge in [0.25, 0.3) is 0 Å². The van der Waals surface area contributed by atoms with Crippen molar-refractivity contribution in [3.63, 3.8) is 0 Å². The molecule has 2 aromatic rings. The number of nitrogens with one attached hydrogen (secondary N) is 3. The van der Waals surface area contributed by atoms with Crippen LogP contribution >= 0.6 is 15.9 Å². The molecule has 1 unspecified atom stereocenters. The molecular weight excluding hydrogens is 400 g/mol. The van der Waals surface area contributed by atoms with Gasteiger partial charge in [-0.2, -0.15) is 0 Å². The van der Waals surface area contributed by atoms with Gasteiger partial charge in [0.05, 0.1) is 18.9 Å². The van der Waals surface area contributed by atoms with Gasteiger partial charge in [-0.3, -0.25) is 20.4 Å². The van der Waals surface area contributed by atoms with Gasteiger partial charge in [0.1, 0.15) is 0 Å². The van der Waals surface area contributed by atoms with E-state index >= 15 is 0 Å². The molecule has 26 heavy (non-hydrogen) atoms. The van der Waals surface area contributed by atoms with E-state index in [4.69, 9.17) is 5.73 Å². The summed E-state index contributed by atoms with van der Waals surface area (Å²) in [6.07, 6.45) is 0.0702. The van der Waals surface area contributed by atoms with Gasteiger partial charge in [-0.05, 0) is 23.3 Å². The second kappa shape index (κ2) is 9.57. The minimum Gasteiger partial charge on any atom is -0.352 e. The van der Waals surface area contributed by atoms with Crippen LogP contribution in [0.2, 0.25) is 0 Å². The number of carbonyl (C=O) groups is 3. The molecule has 0 bridgehead atoms. The van der Waals surface area contributed by atoms with E-state index in [1.807, 2.05) is 36.4 Å². The Labute approximate surface area is 159 Å². The first kappa shape index (κ1) is 19.5. The number of primary amides is 1. The lowest BCUT2D eigenvalue weighted by molar-refractivity contribution is -0.128. The van der Waals surface area contributed by atoms with Gasteiger partial charge in [0, 0.05) is 4.47 Å². The van der Waals surface area contributed by atoms with Crippen molar-refractivity contribution in [2.75, 3.05) is 0 Å². The molecule has 0 aliphatic rings. The largest absolute Gasteiger partial charge is 0.352 e. The van der Waals surface area contributed by atoms with Crippen molar-refractivity contribution in [2.45, 2.75) is 18.9 Å². The van der Waals surface area contributed by atoms with Crippen molar-refractivity contribution in [2.24, 2.45) is 5.73 Å². The Hall–Kier alpha value is -2.87. The summed E-state index contributed by atoms with van der Waals surface area (Å²) in [5.41, 5.74) is 11.4. The van der Waals surface area contributed by atoms with Crippen molar-refractivity contribution in [3.05, 3.63) is 70.2 Å². The van der Waals surface area contributed by atoms with Gasteiger partial charge in [-0.1, -0.05) is 58.4 Å². The maximum absolute atomic E-state index is 12.1. The monoisotopic (exact) mass is 418 g/mol. The number of carbonyl (C=O) groups excluding carboxylic acids is 3. The SMILES string of the molecule is NC(=O)NC(CC(=O)NNC(=O)Cc1ccccc1)c1cccc(Br)c1. The molecule has 2 aromatic carbocycles. The summed E-state index contributed by atoms with van der Waals surface area (Å²) < 4.78 is 0.808. The normalized spacial score (nSPS) is 11.3. The second-order valence-electron chi connectivity index (χ2n) is 5.58. The maximum Gasteiger partial charge on any atom is 0.312 e. The first-order valence-electron chi connectivity index (χ1n) is 7.87. The number of hydrazine groups is 1. The molecule has 0 fully saturated rings. The molecule has 0 spiro atoms. The van der Waals surface area contributed by atoms with Gasteiger partial charge >= 0.3 is 6.03 Å². The number of urea groups is 1. The first-order valence-corrected chi connectivity index (χ1v) is 8.66. The van der Waals surface area contributed by atoms with Gasteiger partial charge in [-0.25, -0.2) is 4.79 Å². The number of benzene rings is 2. The Morgan fingerprint density at radius 2 is 1.65 bits per heavy atom. The topological polar surface area (TPSA) is 113 Å². The molecule has 1 atom stereocenters. The Kier molecular flexibility index (Phi) is 7.16. The molecule has 7 nitrogen and oxygen atoms in total. The molecule has 0 saturated carbocycles. The molecule has 4 amide bonds. The highest BCUT2D eigenvalue weighted by Crippen LogP contribution is 2.20. The third kappa shape index (κ3) is 6.56. The highest BCUT2D eigenvalue weighted by Gasteiger charge is 2.18. The van der Waals surface area contributed by atoms with Crippen molar-refractivity contribution in [1.29, 1.82) is 0 Å². The summed E-state index contributed by atoms with van der Waals surface area (Å²) in [6, 6.07) is 15.0. The lowest BCUT2D eigenvalue weighted by atomic mass is 10.0. The van der Waals surface area contributed by atoms with Crippen molar-refractivity contribution < 1.29 is 14.4 Å². The molecule has 0 aromatic heterocycles. The van der Waals surface area contributed by atoms with E-state index in [2.05, 4.69) is 32.1 Å². The molecular formula is C18H19BrN4O3. The van der Waals surface area contributed by atoms with Gasteiger partial charge < -0.3 is 11.1 Å². The van der Waals surface area contributed by atoms with Crippen LogP contribution in [-0.4, -0.2) is 17.8 Å². The Morgan fingerprint density at radius 1 is 0.962 bits per heavy atom. The van der Waals surface area contributed by atoms with Crippen molar-refractivity contribution >= 4 is 33.8 Å². The number of nitrogens with two attached hydrogens (primary N) is 1. The zero-order chi connectivity index (χ0) is 18.9. The number of hydrogen-bond donors (Lipinski definition) is 4. The Bertz CT molecular complexity index is 783. The average molecular weight is 419 g/mol. The smallest absolute Gasteiger partial charge is 0.312 e. The highest BCUT2D eigenvalue weighted by atomic mass is 79.9. The number of rotatable bonds is 6. The van der Waals surface area contributed by atoms with Crippen LogP contribution < -0.4 is 21.9 Å². The van der Waals surface area contributed by atoms with E-state index < -0.39 is 18.0 Å². The first-order chi connectivity index (χ1) is 12.4. The van der Waals surface area contributed by atoms with Gasteiger partial charge in [0.2, 0.25) is 11.8 Å². The summed E-state index contributed by atoms with van der Waals surface area (Å²) >= 11 is 3.34. The van der Waals surface area contributed by atoms with E-state index in [-0.39, 0.29) is 18.7 Å². The average Bonchev–Trinajstić information content (AvgIpc) is 2.60. The summed E-state index contributed by atoms with van der Waals surface area (Å²) in [5.74, 6) is -0.795. The lowest BCUT2D eigenvalue weighted by Gasteiger charge is -2.18. The third-order valence-electron chi connectivity index (χ3n) is 3.51. The molecule has 0 heterocycles. The number of amides is 4. The van der Waals surface area contributed by atoms with Crippen LogP contribution in [0.3, 0.4) is 0 Å². The summed E-state index contributed by atoms with van der Waals surface area (Å²) in [4.78, 5) is 35.2. The van der Waals surface area contributed by atoms with Crippen LogP contribution in [0, 0.1) is 0 Å². The molecule has 5 N–H and O–H groups in total. The van der Waals surface area contributed by atoms with Crippen LogP contribution in [-0.2, 0) is 16.0 Å². The molecule has 2 rings (SSSR count). The zero-order valence-electron chi connectivity index (χ0n) is 13.9. The zero-order valence-corrected chi connectivity index (χ0v) is 15.5. The van der Waals surface area contributed by atoms with Crippen LogP contribution in [0.5, 0.6) is 0 Å². The van der Waals surface area contributed by atoms with E-state index in [1.54, 1.807) is 18.2 Å². The minimum absolute atomic E-state index is 0.0784. The lowest BCUT2D eigenvalue weighted by Crippen LogP contribution is -2.44. The maximum atomic E-state index is 12.1. The minimum atomic E-state index is -0.740. The molecule has 0 aliphatic carbocycles. The van der Waals surface area contributed by atoms with Crippen LogP contribution in [0.4, 0.5) is 4.79 Å². The number of halogens is 1. The quantitative estimate of drug-likeness (QED) is 0.537. The predicted molar refractivity (Wildman–Crippen MR) is 101 cm³/mol. The second-order valence-corrected chi connectivity index (χ2v) is 6.49. The fraction of sp³-hybridized carbons (Fsp3) is 0.167. The molecule has 8 heteroatoms. The number of hydrogen-bond acceptors (Lipinski definition) is 3. The van der Waals surface area contributed by atoms with Crippen molar-refractivity contribution in [3.8, 4) is 0 Å². The molecule has 0 saturated heterocycles.